The number of alkyl halides is 7. The number of halogens is 7. The van der Waals surface area contributed by atoms with Crippen LogP contribution in [0.25, 0.3) is 0 Å². The first-order chi connectivity index (χ1) is 12.5. The molecule has 1 aromatic rings. The number of hydrogen-bond donors (Lipinski definition) is 0. The van der Waals surface area contributed by atoms with Crippen molar-refractivity contribution in [1.82, 2.24) is 9.78 Å². The summed E-state index contributed by atoms with van der Waals surface area (Å²) in [5.41, 5.74) is -4.08. The summed E-state index contributed by atoms with van der Waals surface area (Å²) < 4.78 is 105. The quantitative estimate of drug-likeness (QED) is 0.510. The molecule has 1 atom stereocenters. The van der Waals surface area contributed by atoms with Gasteiger partial charge in [0.15, 0.2) is 22.1 Å². The van der Waals surface area contributed by atoms with Crippen molar-refractivity contribution in [3.8, 4) is 5.88 Å². The minimum atomic E-state index is -5.21. The van der Waals surface area contributed by atoms with Crippen molar-refractivity contribution in [2.45, 2.75) is 42.9 Å². The standard InChI is InChI=1S/C13H14ClF6N3O4S/c1-11(2)4-6(22-27-11)28(24,25)9(14)7-8(13(18,19)20)21-23(3)10(7)26-5-12(15,16)17/h9H,4-5H2,1-3H3. The van der Waals surface area contributed by atoms with Crippen LogP contribution in [0.1, 0.15) is 36.2 Å². The van der Waals surface area contributed by atoms with E-state index in [1.54, 1.807) is 0 Å². The topological polar surface area (TPSA) is 82.8 Å². The molecule has 1 aliphatic rings. The van der Waals surface area contributed by atoms with Crippen molar-refractivity contribution in [2.75, 3.05) is 6.61 Å². The Morgan fingerprint density at radius 1 is 1.29 bits per heavy atom. The molecule has 1 unspecified atom stereocenters. The number of sulfone groups is 1. The van der Waals surface area contributed by atoms with Gasteiger partial charge in [0.2, 0.25) is 15.7 Å². The average Bonchev–Trinajstić information content (AvgIpc) is 3.03. The smallest absolute Gasteiger partial charge is 0.435 e. The van der Waals surface area contributed by atoms with E-state index in [1.807, 2.05) is 0 Å². The van der Waals surface area contributed by atoms with Crippen molar-refractivity contribution >= 4 is 26.5 Å². The van der Waals surface area contributed by atoms with E-state index in [2.05, 4.69) is 15.0 Å². The second-order valence-electron chi connectivity index (χ2n) is 6.47. The van der Waals surface area contributed by atoms with Crippen molar-refractivity contribution in [3.05, 3.63) is 11.3 Å². The minimum Gasteiger partial charge on any atom is -0.468 e. The monoisotopic (exact) mass is 457 g/mol. The third-order valence-corrected chi connectivity index (χ3v) is 6.05. The molecule has 2 rings (SSSR count). The highest BCUT2D eigenvalue weighted by molar-refractivity contribution is 8.07. The summed E-state index contributed by atoms with van der Waals surface area (Å²) in [6.07, 6.45) is -10.4. The van der Waals surface area contributed by atoms with E-state index >= 15 is 0 Å². The molecule has 0 amide bonds. The van der Waals surface area contributed by atoms with Crippen LogP contribution in [0, 0.1) is 0 Å². The number of nitrogens with zero attached hydrogens (tertiary/aromatic N) is 3. The Bertz CT molecular complexity index is 891. The Balaban J connectivity index is 2.55. The summed E-state index contributed by atoms with van der Waals surface area (Å²) in [4.78, 5) is 4.88. The Labute approximate surface area is 160 Å². The van der Waals surface area contributed by atoms with Crippen molar-refractivity contribution in [3.63, 3.8) is 0 Å². The molecule has 0 fully saturated rings. The summed E-state index contributed by atoms with van der Waals surface area (Å²) in [6, 6.07) is 0. The van der Waals surface area contributed by atoms with Crippen LogP contribution in [-0.2, 0) is 27.9 Å². The summed E-state index contributed by atoms with van der Waals surface area (Å²) in [6.45, 7) is 0.980. The molecule has 7 nitrogen and oxygen atoms in total. The lowest BCUT2D eigenvalue weighted by Gasteiger charge is -2.16. The molecule has 0 radical (unpaired) electrons. The van der Waals surface area contributed by atoms with Crippen LogP contribution in [0.4, 0.5) is 26.3 Å². The van der Waals surface area contributed by atoms with Gasteiger partial charge in [0.1, 0.15) is 5.60 Å². The van der Waals surface area contributed by atoms with Gasteiger partial charge in [-0.15, -0.1) is 0 Å². The van der Waals surface area contributed by atoms with Crippen LogP contribution in [0.3, 0.4) is 0 Å². The molecule has 28 heavy (non-hydrogen) atoms. The number of aromatic nitrogens is 2. The highest BCUT2D eigenvalue weighted by atomic mass is 35.5. The van der Waals surface area contributed by atoms with Crippen LogP contribution in [0.2, 0.25) is 0 Å². The van der Waals surface area contributed by atoms with Crippen molar-refractivity contribution in [2.24, 2.45) is 12.2 Å². The van der Waals surface area contributed by atoms with Crippen LogP contribution < -0.4 is 4.74 Å². The molecule has 160 valence electrons. The van der Waals surface area contributed by atoms with Crippen LogP contribution in [-0.4, -0.2) is 41.6 Å². The zero-order valence-electron chi connectivity index (χ0n) is 14.5. The first-order valence-electron chi connectivity index (χ1n) is 7.42. The molecule has 0 aliphatic carbocycles. The number of ether oxygens (including phenoxy) is 1. The van der Waals surface area contributed by atoms with Gasteiger partial charge in [-0.05, 0) is 13.8 Å². The highest BCUT2D eigenvalue weighted by Crippen LogP contribution is 2.45. The third kappa shape index (κ3) is 4.64. The summed E-state index contributed by atoms with van der Waals surface area (Å²) in [5.74, 6) is -1.08. The van der Waals surface area contributed by atoms with Gasteiger partial charge in [0.25, 0.3) is 0 Å². The average molecular weight is 458 g/mol. The molecule has 0 saturated carbocycles. The minimum absolute atomic E-state index is 0.293. The van der Waals surface area contributed by atoms with E-state index in [-0.39, 0.29) is 6.42 Å². The largest absolute Gasteiger partial charge is 0.468 e. The van der Waals surface area contributed by atoms with Crippen molar-refractivity contribution in [1.29, 1.82) is 0 Å². The van der Waals surface area contributed by atoms with Gasteiger partial charge in [-0.1, -0.05) is 16.8 Å². The number of oxime groups is 1. The maximum atomic E-state index is 13.3. The van der Waals surface area contributed by atoms with Crippen LogP contribution >= 0.6 is 11.6 Å². The molecule has 0 saturated heterocycles. The van der Waals surface area contributed by atoms with Gasteiger partial charge in [-0.25, -0.2) is 13.1 Å². The van der Waals surface area contributed by atoms with E-state index in [1.165, 1.54) is 13.8 Å². The molecule has 15 heteroatoms. The number of rotatable bonds is 4. The maximum absolute atomic E-state index is 13.3. The summed E-state index contributed by atoms with van der Waals surface area (Å²) in [5, 5.41) is 5.74. The predicted molar refractivity (Wildman–Crippen MR) is 84.5 cm³/mol. The Morgan fingerprint density at radius 3 is 2.29 bits per heavy atom. The van der Waals surface area contributed by atoms with Gasteiger partial charge < -0.3 is 9.57 Å². The molecular formula is C13H14ClF6N3O4S. The van der Waals surface area contributed by atoms with E-state index in [4.69, 9.17) is 16.4 Å². The lowest BCUT2D eigenvalue weighted by Crippen LogP contribution is -2.26. The fourth-order valence-electron chi connectivity index (χ4n) is 2.29. The van der Waals surface area contributed by atoms with E-state index in [0.717, 1.165) is 7.05 Å². The van der Waals surface area contributed by atoms with Gasteiger partial charge in [-0.3, -0.25) is 0 Å². The molecule has 0 spiro atoms. The molecule has 0 bridgehead atoms. The lowest BCUT2D eigenvalue weighted by atomic mass is 10.1. The van der Waals surface area contributed by atoms with E-state index in [9.17, 15) is 34.8 Å². The molecule has 1 aromatic heterocycles. The molecule has 0 N–H and O–H groups in total. The Kier molecular flexibility index (Phi) is 5.62. The fraction of sp³-hybridized carbons (Fsp3) is 0.692. The summed E-state index contributed by atoms with van der Waals surface area (Å²) >= 11 is 5.81. The predicted octanol–water partition coefficient (Wildman–Crippen LogP) is 3.54. The number of hydrogen-bond acceptors (Lipinski definition) is 6. The van der Waals surface area contributed by atoms with Crippen LogP contribution in [0.5, 0.6) is 5.88 Å². The first-order valence-corrected chi connectivity index (χ1v) is 9.40. The molecule has 0 aromatic carbocycles. The molecule has 1 aliphatic heterocycles. The fourth-order valence-corrected chi connectivity index (χ4v) is 4.25. The Morgan fingerprint density at radius 2 is 1.86 bits per heavy atom. The second-order valence-corrected chi connectivity index (χ2v) is 9.19. The third-order valence-electron chi connectivity index (χ3n) is 3.47. The zero-order chi connectivity index (χ0) is 21.7. The van der Waals surface area contributed by atoms with Crippen LogP contribution in [0.15, 0.2) is 5.16 Å². The van der Waals surface area contributed by atoms with E-state index in [0.29, 0.717) is 4.68 Å². The lowest BCUT2D eigenvalue weighted by molar-refractivity contribution is -0.154. The van der Waals surface area contributed by atoms with Gasteiger partial charge in [0.05, 0.1) is 5.56 Å². The normalized spacial score (nSPS) is 18.6. The van der Waals surface area contributed by atoms with E-state index < -0.39 is 61.3 Å². The second kappa shape index (κ2) is 6.97. The van der Waals surface area contributed by atoms with Gasteiger partial charge >= 0.3 is 12.4 Å². The SMILES string of the molecule is Cn1nc(C(F)(F)F)c(C(Cl)S(=O)(=O)C2=NOC(C)(C)C2)c1OCC(F)(F)F. The highest BCUT2D eigenvalue weighted by Gasteiger charge is 2.48. The summed E-state index contributed by atoms with van der Waals surface area (Å²) in [7, 11) is -3.87. The number of aryl methyl sites for hydroxylation is 1. The zero-order valence-corrected chi connectivity index (χ0v) is 16.1. The molecular weight excluding hydrogens is 444 g/mol. The van der Waals surface area contributed by atoms with Crippen molar-refractivity contribution < 1.29 is 44.3 Å². The molecule has 2 heterocycles. The van der Waals surface area contributed by atoms with Gasteiger partial charge in [-0.2, -0.15) is 31.4 Å². The maximum Gasteiger partial charge on any atom is 0.435 e. The Hall–Kier alpha value is -1.70. The van der Waals surface area contributed by atoms with Gasteiger partial charge in [0, 0.05) is 13.5 Å². The first kappa shape index (κ1) is 22.6.